The average molecular weight is 242 g/mol. The molecule has 92 valence electrons. The molecule has 1 atom stereocenters. The predicted octanol–water partition coefficient (Wildman–Crippen LogP) is 2.26. The van der Waals surface area contributed by atoms with Crippen molar-refractivity contribution in [2.24, 2.45) is 5.41 Å². The highest BCUT2D eigenvalue weighted by Gasteiger charge is 2.21. The lowest BCUT2D eigenvalue weighted by molar-refractivity contribution is 0.0628. The van der Waals surface area contributed by atoms with Crippen LogP contribution in [0.1, 0.15) is 36.3 Å². The number of hydrogen-bond acceptors (Lipinski definition) is 4. The van der Waals surface area contributed by atoms with E-state index in [4.69, 9.17) is 0 Å². The van der Waals surface area contributed by atoms with Crippen LogP contribution >= 0.6 is 11.3 Å². The summed E-state index contributed by atoms with van der Waals surface area (Å²) in [6, 6.07) is 0. The van der Waals surface area contributed by atoms with Crippen LogP contribution in [0.25, 0.3) is 0 Å². The SMILES string of the molecule is Cc1nc(C)c(CNCC(O)C(C)(C)C)s1. The van der Waals surface area contributed by atoms with Gasteiger partial charge in [0.05, 0.1) is 16.8 Å². The molecule has 0 amide bonds. The Bertz CT molecular complexity index is 341. The predicted molar refractivity (Wildman–Crippen MR) is 68.8 cm³/mol. The highest BCUT2D eigenvalue weighted by atomic mass is 32.1. The minimum Gasteiger partial charge on any atom is -0.391 e. The second kappa shape index (κ2) is 5.25. The monoisotopic (exact) mass is 242 g/mol. The summed E-state index contributed by atoms with van der Waals surface area (Å²) in [6.07, 6.45) is -0.318. The van der Waals surface area contributed by atoms with Gasteiger partial charge >= 0.3 is 0 Å². The summed E-state index contributed by atoms with van der Waals surface area (Å²) in [4.78, 5) is 5.64. The Morgan fingerprint density at radius 1 is 1.38 bits per heavy atom. The number of hydrogen-bond donors (Lipinski definition) is 2. The number of thiazole rings is 1. The van der Waals surface area contributed by atoms with E-state index in [1.54, 1.807) is 11.3 Å². The molecule has 0 spiro atoms. The number of rotatable bonds is 4. The molecule has 1 heterocycles. The van der Waals surface area contributed by atoms with Crippen molar-refractivity contribution in [3.63, 3.8) is 0 Å². The van der Waals surface area contributed by atoms with Gasteiger partial charge in [-0.25, -0.2) is 4.98 Å². The number of nitrogens with zero attached hydrogens (tertiary/aromatic N) is 1. The number of nitrogens with one attached hydrogen (secondary N) is 1. The van der Waals surface area contributed by atoms with Crippen molar-refractivity contribution < 1.29 is 5.11 Å². The summed E-state index contributed by atoms with van der Waals surface area (Å²) in [5, 5.41) is 14.2. The number of aliphatic hydroxyl groups excluding tert-OH is 1. The van der Waals surface area contributed by atoms with Gasteiger partial charge in [0, 0.05) is 18.0 Å². The molecular weight excluding hydrogens is 220 g/mol. The average Bonchev–Trinajstić information content (AvgIpc) is 2.43. The first-order chi connectivity index (χ1) is 7.30. The minimum atomic E-state index is -0.318. The first-order valence-corrected chi connectivity index (χ1v) is 6.44. The van der Waals surface area contributed by atoms with Gasteiger partial charge in [0.2, 0.25) is 0 Å². The lowest BCUT2D eigenvalue weighted by atomic mass is 9.89. The molecule has 1 aromatic rings. The van der Waals surface area contributed by atoms with E-state index < -0.39 is 0 Å². The maximum absolute atomic E-state index is 9.86. The zero-order valence-corrected chi connectivity index (χ0v) is 11.6. The normalized spacial score (nSPS) is 14.1. The fraction of sp³-hybridized carbons (Fsp3) is 0.750. The molecule has 3 nitrogen and oxygen atoms in total. The van der Waals surface area contributed by atoms with E-state index in [2.05, 4.69) is 10.3 Å². The molecule has 1 rings (SSSR count). The Morgan fingerprint density at radius 3 is 2.44 bits per heavy atom. The van der Waals surface area contributed by atoms with Gasteiger partial charge in [-0.1, -0.05) is 20.8 Å². The lowest BCUT2D eigenvalue weighted by Crippen LogP contribution is -2.36. The van der Waals surface area contributed by atoms with Crippen LogP contribution in [-0.2, 0) is 6.54 Å². The smallest absolute Gasteiger partial charge is 0.0900 e. The van der Waals surface area contributed by atoms with E-state index in [0.29, 0.717) is 6.54 Å². The largest absolute Gasteiger partial charge is 0.391 e. The first-order valence-electron chi connectivity index (χ1n) is 5.62. The van der Waals surface area contributed by atoms with Gasteiger partial charge in [0.25, 0.3) is 0 Å². The maximum Gasteiger partial charge on any atom is 0.0900 e. The molecule has 1 unspecified atom stereocenters. The standard InChI is InChI=1S/C12H22N2OS/c1-8-10(16-9(2)14-8)6-13-7-11(15)12(3,4)5/h11,13,15H,6-7H2,1-5H3. The Morgan fingerprint density at radius 2 is 2.00 bits per heavy atom. The first kappa shape index (κ1) is 13.6. The van der Waals surface area contributed by atoms with Gasteiger partial charge in [-0.05, 0) is 19.3 Å². The van der Waals surface area contributed by atoms with Crippen LogP contribution in [0.15, 0.2) is 0 Å². The molecule has 0 aliphatic carbocycles. The van der Waals surface area contributed by atoms with Crippen LogP contribution < -0.4 is 5.32 Å². The van der Waals surface area contributed by atoms with Crippen molar-refractivity contribution in [3.05, 3.63) is 15.6 Å². The molecule has 0 bridgehead atoms. The topological polar surface area (TPSA) is 45.2 Å². The number of aromatic nitrogens is 1. The van der Waals surface area contributed by atoms with E-state index in [9.17, 15) is 5.11 Å². The third-order valence-corrected chi connectivity index (χ3v) is 3.70. The Hall–Kier alpha value is -0.450. The van der Waals surface area contributed by atoms with Gasteiger partial charge in [-0.15, -0.1) is 11.3 Å². The van der Waals surface area contributed by atoms with Crippen LogP contribution in [0, 0.1) is 19.3 Å². The summed E-state index contributed by atoms with van der Waals surface area (Å²) in [5.74, 6) is 0. The van der Waals surface area contributed by atoms with Crippen LogP contribution in [0.5, 0.6) is 0 Å². The highest BCUT2D eigenvalue weighted by Crippen LogP contribution is 2.19. The van der Waals surface area contributed by atoms with Gasteiger partial charge in [-0.2, -0.15) is 0 Å². The van der Waals surface area contributed by atoms with E-state index in [-0.39, 0.29) is 11.5 Å². The highest BCUT2D eigenvalue weighted by molar-refractivity contribution is 7.11. The molecular formula is C12H22N2OS. The van der Waals surface area contributed by atoms with Gasteiger partial charge in [0.1, 0.15) is 0 Å². The summed E-state index contributed by atoms with van der Waals surface area (Å²) in [7, 11) is 0. The van der Waals surface area contributed by atoms with Crippen LogP contribution in [0.4, 0.5) is 0 Å². The fourth-order valence-corrected chi connectivity index (χ4v) is 2.27. The van der Waals surface area contributed by atoms with Crippen LogP contribution in [0.3, 0.4) is 0 Å². The molecule has 2 N–H and O–H groups in total. The van der Waals surface area contributed by atoms with E-state index in [0.717, 1.165) is 17.2 Å². The van der Waals surface area contributed by atoms with Gasteiger partial charge in [-0.3, -0.25) is 0 Å². The number of aliphatic hydroxyl groups is 1. The molecule has 16 heavy (non-hydrogen) atoms. The molecule has 4 heteroatoms. The van der Waals surface area contributed by atoms with Crippen LogP contribution in [-0.4, -0.2) is 22.7 Å². The molecule has 0 saturated carbocycles. The Kier molecular flexibility index (Phi) is 4.47. The van der Waals surface area contributed by atoms with E-state index in [1.165, 1.54) is 4.88 Å². The zero-order chi connectivity index (χ0) is 12.3. The summed E-state index contributed by atoms with van der Waals surface area (Å²) < 4.78 is 0. The Balaban J connectivity index is 2.39. The van der Waals surface area contributed by atoms with E-state index in [1.807, 2.05) is 34.6 Å². The fourth-order valence-electron chi connectivity index (χ4n) is 1.37. The molecule has 0 radical (unpaired) electrons. The van der Waals surface area contributed by atoms with E-state index >= 15 is 0 Å². The van der Waals surface area contributed by atoms with Crippen molar-refractivity contribution in [2.45, 2.75) is 47.3 Å². The van der Waals surface area contributed by atoms with Crippen molar-refractivity contribution in [1.82, 2.24) is 10.3 Å². The lowest BCUT2D eigenvalue weighted by Gasteiger charge is -2.25. The summed E-state index contributed by atoms with van der Waals surface area (Å²) >= 11 is 1.72. The number of aryl methyl sites for hydroxylation is 2. The van der Waals surface area contributed by atoms with Crippen molar-refractivity contribution in [2.75, 3.05) is 6.54 Å². The molecule has 0 fully saturated rings. The molecule has 0 saturated heterocycles. The quantitative estimate of drug-likeness (QED) is 0.851. The third kappa shape index (κ3) is 3.85. The molecule has 0 aliphatic rings. The second-order valence-electron chi connectivity index (χ2n) is 5.25. The second-order valence-corrected chi connectivity index (χ2v) is 6.54. The van der Waals surface area contributed by atoms with Crippen molar-refractivity contribution >= 4 is 11.3 Å². The maximum atomic E-state index is 9.86. The summed E-state index contributed by atoms with van der Waals surface area (Å²) in [6.45, 7) is 11.6. The van der Waals surface area contributed by atoms with Crippen molar-refractivity contribution in [3.8, 4) is 0 Å². The molecule has 0 aromatic carbocycles. The molecule has 1 aromatic heterocycles. The zero-order valence-electron chi connectivity index (χ0n) is 10.8. The minimum absolute atomic E-state index is 0.0638. The summed E-state index contributed by atoms with van der Waals surface area (Å²) in [5.41, 5.74) is 1.03. The van der Waals surface area contributed by atoms with Crippen molar-refractivity contribution in [1.29, 1.82) is 0 Å². The third-order valence-electron chi connectivity index (χ3n) is 2.62. The Labute approximate surface area is 102 Å². The van der Waals surface area contributed by atoms with Gasteiger partial charge in [0.15, 0.2) is 0 Å². The molecule has 0 aliphatic heterocycles. The van der Waals surface area contributed by atoms with Gasteiger partial charge < -0.3 is 10.4 Å². The van der Waals surface area contributed by atoms with Crippen LogP contribution in [0.2, 0.25) is 0 Å².